The summed E-state index contributed by atoms with van der Waals surface area (Å²) in [6.45, 7) is 0.446. The maximum atomic E-state index is 13.3. The predicted octanol–water partition coefficient (Wildman–Crippen LogP) is 1.21. The van der Waals surface area contributed by atoms with Crippen molar-refractivity contribution in [3.05, 3.63) is 36.0 Å². The van der Waals surface area contributed by atoms with Crippen LogP contribution in [0.1, 0.15) is 37.7 Å². The number of benzene rings is 1. The number of carboxylic acid groups (broad SMARTS) is 1. The van der Waals surface area contributed by atoms with Crippen molar-refractivity contribution >= 4 is 58.1 Å². The number of fused-ring (bicyclic) bond motifs is 1. The van der Waals surface area contributed by atoms with E-state index in [4.69, 9.17) is 11.5 Å². The molecule has 4 atom stereocenters. The standard InChI is InChI=1S/C27H42N6O5S2/c1-39-13-10-19(29)24(34)31-21(9-5-6-12-28)25(35)32-22(11-14-40-2)26(36)33-23(27(37)38)15-17-16-30-20-8-4-3-7-18(17)20/h3-4,7-8,16,19,21-23,30H,5-6,9-15,28-29H2,1-2H3,(H,31,34)(H,32,35)(H,33,36)(H,37,38). The molecule has 0 aliphatic rings. The molecule has 222 valence electrons. The number of para-hydroxylation sites is 1. The van der Waals surface area contributed by atoms with E-state index in [1.165, 1.54) is 11.8 Å². The van der Waals surface area contributed by atoms with Crippen molar-refractivity contribution in [1.29, 1.82) is 0 Å². The van der Waals surface area contributed by atoms with Crippen LogP contribution in [0.2, 0.25) is 0 Å². The van der Waals surface area contributed by atoms with Gasteiger partial charge in [-0.3, -0.25) is 14.4 Å². The van der Waals surface area contributed by atoms with Crippen molar-refractivity contribution in [2.75, 3.05) is 30.6 Å². The second-order valence-corrected chi connectivity index (χ2v) is 11.5. The van der Waals surface area contributed by atoms with Crippen molar-refractivity contribution in [2.45, 2.75) is 62.7 Å². The summed E-state index contributed by atoms with van der Waals surface area (Å²) in [5.74, 6) is -1.47. The van der Waals surface area contributed by atoms with Gasteiger partial charge < -0.3 is 37.5 Å². The molecule has 1 heterocycles. The number of nitrogens with one attached hydrogen (secondary N) is 4. The summed E-state index contributed by atoms with van der Waals surface area (Å²) in [4.78, 5) is 54.4. The first-order valence-electron chi connectivity index (χ1n) is 13.3. The van der Waals surface area contributed by atoms with Crippen molar-refractivity contribution in [3.8, 4) is 0 Å². The van der Waals surface area contributed by atoms with Crippen LogP contribution in [0.5, 0.6) is 0 Å². The fraction of sp³-hybridized carbons (Fsp3) is 0.556. The van der Waals surface area contributed by atoms with Gasteiger partial charge >= 0.3 is 5.97 Å². The van der Waals surface area contributed by atoms with E-state index in [2.05, 4.69) is 20.9 Å². The summed E-state index contributed by atoms with van der Waals surface area (Å²) in [7, 11) is 0. The third kappa shape index (κ3) is 10.7. The van der Waals surface area contributed by atoms with Crippen LogP contribution in [0.25, 0.3) is 10.9 Å². The van der Waals surface area contributed by atoms with Gasteiger partial charge in [0.2, 0.25) is 17.7 Å². The Balaban J connectivity index is 2.14. The third-order valence-corrected chi connectivity index (χ3v) is 7.79. The lowest BCUT2D eigenvalue weighted by Crippen LogP contribution is -2.57. The van der Waals surface area contributed by atoms with E-state index >= 15 is 0 Å². The second kappa shape index (κ2) is 17.8. The Morgan fingerprint density at radius 1 is 0.875 bits per heavy atom. The van der Waals surface area contributed by atoms with Crippen LogP contribution in [-0.2, 0) is 25.6 Å². The quantitative estimate of drug-likeness (QED) is 0.117. The molecule has 0 aliphatic carbocycles. The minimum absolute atomic E-state index is 0.0694. The monoisotopic (exact) mass is 594 g/mol. The molecular formula is C27H42N6O5S2. The van der Waals surface area contributed by atoms with E-state index in [-0.39, 0.29) is 12.8 Å². The minimum atomic E-state index is -1.20. The van der Waals surface area contributed by atoms with Gasteiger partial charge in [-0.25, -0.2) is 4.79 Å². The number of carbonyl (C=O) groups excluding carboxylic acids is 3. The Bertz CT molecular complexity index is 1110. The highest BCUT2D eigenvalue weighted by Crippen LogP contribution is 2.19. The molecule has 0 saturated carbocycles. The lowest BCUT2D eigenvalue weighted by Gasteiger charge is -2.25. The SMILES string of the molecule is CSCCC(N)C(=O)NC(CCCCN)C(=O)NC(CCSC)C(=O)NC(Cc1c[nH]c2ccccc12)C(=O)O. The molecule has 13 heteroatoms. The average Bonchev–Trinajstić information content (AvgIpc) is 3.35. The Kier molecular flexibility index (Phi) is 14.9. The summed E-state index contributed by atoms with van der Waals surface area (Å²) in [6, 6.07) is 3.68. The number of thioether (sulfide) groups is 2. The van der Waals surface area contributed by atoms with Crippen LogP contribution < -0.4 is 27.4 Å². The fourth-order valence-electron chi connectivity index (χ4n) is 4.19. The molecule has 11 nitrogen and oxygen atoms in total. The summed E-state index contributed by atoms with van der Waals surface area (Å²) < 4.78 is 0. The number of carbonyl (C=O) groups is 4. The number of H-pyrrole nitrogens is 1. The second-order valence-electron chi connectivity index (χ2n) is 9.54. The summed E-state index contributed by atoms with van der Waals surface area (Å²) >= 11 is 3.07. The summed E-state index contributed by atoms with van der Waals surface area (Å²) in [5, 5.41) is 18.8. The number of unbranched alkanes of at least 4 members (excludes halogenated alkanes) is 1. The van der Waals surface area contributed by atoms with Gasteiger partial charge in [0.15, 0.2) is 0 Å². The van der Waals surface area contributed by atoms with Gasteiger partial charge in [0, 0.05) is 23.5 Å². The molecule has 3 amide bonds. The van der Waals surface area contributed by atoms with E-state index in [0.29, 0.717) is 43.7 Å². The van der Waals surface area contributed by atoms with Gasteiger partial charge in [0.1, 0.15) is 18.1 Å². The highest BCUT2D eigenvalue weighted by molar-refractivity contribution is 7.98. The zero-order valence-corrected chi connectivity index (χ0v) is 24.7. The Morgan fingerprint density at radius 3 is 2.12 bits per heavy atom. The normalized spacial score (nSPS) is 14.2. The molecule has 1 aromatic carbocycles. The van der Waals surface area contributed by atoms with Gasteiger partial charge in [0.25, 0.3) is 0 Å². The topological polar surface area (TPSA) is 192 Å². The van der Waals surface area contributed by atoms with Crippen LogP contribution in [0.15, 0.2) is 30.5 Å². The van der Waals surface area contributed by atoms with E-state index in [1.807, 2.05) is 36.8 Å². The number of aromatic nitrogens is 1. The molecule has 4 unspecified atom stereocenters. The van der Waals surface area contributed by atoms with Gasteiger partial charge in [-0.1, -0.05) is 18.2 Å². The molecular weight excluding hydrogens is 552 g/mol. The molecule has 0 radical (unpaired) electrons. The highest BCUT2D eigenvalue weighted by Gasteiger charge is 2.30. The molecule has 0 saturated heterocycles. The average molecular weight is 595 g/mol. The summed E-state index contributed by atoms with van der Waals surface area (Å²) in [5.41, 5.74) is 13.2. The highest BCUT2D eigenvalue weighted by atomic mass is 32.2. The third-order valence-electron chi connectivity index (χ3n) is 6.51. The smallest absolute Gasteiger partial charge is 0.326 e. The number of rotatable bonds is 19. The number of carboxylic acids is 1. The molecule has 40 heavy (non-hydrogen) atoms. The Labute approximate surface area is 243 Å². The fourth-order valence-corrected chi connectivity index (χ4v) is 5.15. The minimum Gasteiger partial charge on any atom is -0.480 e. The number of aliphatic carboxylic acids is 1. The first-order valence-corrected chi connectivity index (χ1v) is 16.1. The van der Waals surface area contributed by atoms with Crippen LogP contribution in [0.3, 0.4) is 0 Å². The predicted molar refractivity (Wildman–Crippen MR) is 162 cm³/mol. The van der Waals surface area contributed by atoms with Crippen molar-refractivity contribution < 1.29 is 24.3 Å². The van der Waals surface area contributed by atoms with Crippen LogP contribution >= 0.6 is 23.5 Å². The van der Waals surface area contributed by atoms with Crippen LogP contribution in [0, 0.1) is 0 Å². The molecule has 2 rings (SSSR count). The zero-order valence-electron chi connectivity index (χ0n) is 23.1. The van der Waals surface area contributed by atoms with Gasteiger partial charge in [-0.05, 0) is 74.3 Å². The lowest BCUT2D eigenvalue weighted by atomic mass is 10.0. The Morgan fingerprint density at radius 2 is 1.48 bits per heavy atom. The molecule has 9 N–H and O–H groups in total. The first kappa shape index (κ1) is 33.5. The molecule has 1 aromatic heterocycles. The van der Waals surface area contributed by atoms with Gasteiger partial charge in [-0.15, -0.1) is 0 Å². The zero-order chi connectivity index (χ0) is 29.5. The first-order chi connectivity index (χ1) is 19.2. The number of aromatic amines is 1. The van der Waals surface area contributed by atoms with Crippen LogP contribution in [0.4, 0.5) is 0 Å². The number of hydrogen-bond donors (Lipinski definition) is 7. The molecule has 0 spiro atoms. The number of amides is 3. The number of nitrogens with two attached hydrogens (primary N) is 2. The maximum absolute atomic E-state index is 13.3. The summed E-state index contributed by atoms with van der Waals surface area (Å²) in [6.07, 6.45) is 7.95. The van der Waals surface area contributed by atoms with Crippen molar-refractivity contribution in [2.24, 2.45) is 11.5 Å². The van der Waals surface area contributed by atoms with Crippen LogP contribution in [-0.4, -0.2) is 88.5 Å². The molecule has 0 fully saturated rings. The Hall–Kier alpha value is -2.74. The lowest BCUT2D eigenvalue weighted by molar-refractivity contribution is -0.142. The largest absolute Gasteiger partial charge is 0.480 e. The van der Waals surface area contributed by atoms with Gasteiger partial charge in [0.05, 0.1) is 6.04 Å². The molecule has 0 aliphatic heterocycles. The number of hydrogen-bond acceptors (Lipinski definition) is 8. The van der Waals surface area contributed by atoms with Crippen molar-refractivity contribution in [1.82, 2.24) is 20.9 Å². The van der Waals surface area contributed by atoms with E-state index < -0.39 is 47.9 Å². The van der Waals surface area contributed by atoms with E-state index in [9.17, 15) is 24.3 Å². The van der Waals surface area contributed by atoms with E-state index in [1.54, 1.807) is 18.0 Å². The molecule has 2 aromatic rings. The van der Waals surface area contributed by atoms with E-state index in [0.717, 1.165) is 16.5 Å². The van der Waals surface area contributed by atoms with Crippen molar-refractivity contribution in [3.63, 3.8) is 0 Å². The maximum Gasteiger partial charge on any atom is 0.326 e. The molecule has 0 bridgehead atoms. The van der Waals surface area contributed by atoms with Gasteiger partial charge in [-0.2, -0.15) is 23.5 Å².